The lowest BCUT2D eigenvalue weighted by Gasteiger charge is -2.08. The minimum Gasteiger partial charge on any atom is -0.391 e. The van der Waals surface area contributed by atoms with Gasteiger partial charge in [0.05, 0.1) is 18.8 Å². The second kappa shape index (κ2) is 5.64. The molecule has 1 heterocycles. The molecule has 2 rings (SSSR count). The third-order valence-corrected chi connectivity index (χ3v) is 2.76. The predicted molar refractivity (Wildman–Crippen MR) is 68.6 cm³/mol. The third kappa shape index (κ3) is 3.17. The molecule has 3 heteroatoms. The van der Waals surface area contributed by atoms with Gasteiger partial charge in [-0.3, -0.25) is 4.68 Å². The highest BCUT2D eigenvalue weighted by Crippen LogP contribution is 2.17. The number of aromatic nitrogens is 2. The quantitative estimate of drug-likeness (QED) is 0.857. The zero-order valence-electron chi connectivity index (χ0n) is 10.1. The zero-order chi connectivity index (χ0) is 12.1. The van der Waals surface area contributed by atoms with Crippen LogP contribution in [0.3, 0.4) is 0 Å². The summed E-state index contributed by atoms with van der Waals surface area (Å²) in [5.74, 6) is 0. The molecule has 1 atom stereocenters. The van der Waals surface area contributed by atoms with E-state index in [0.29, 0.717) is 6.54 Å². The summed E-state index contributed by atoms with van der Waals surface area (Å²) in [4.78, 5) is 0. The summed E-state index contributed by atoms with van der Waals surface area (Å²) in [5, 5.41) is 14.0. The number of aliphatic hydroxyl groups is 1. The number of benzene rings is 1. The minimum absolute atomic E-state index is 0.302. The van der Waals surface area contributed by atoms with Gasteiger partial charge in [-0.25, -0.2) is 0 Å². The lowest BCUT2D eigenvalue weighted by atomic mass is 10.1. The maximum Gasteiger partial charge on any atom is 0.0736 e. The van der Waals surface area contributed by atoms with Crippen molar-refractivity contribution in [2.24, 2.45) is 0 Å². The minimum atomic E-state index is -0.302. The first-order valence-corrected chi connectivity index (χ1v) is 6.05. The van der Waals surface area contributed by atoms with Crippen LogP contribution in [-0.2, 0) is 6.54 Å². The Morgan fingerprint density at radius 1 is 1.24 bits per heavy atom. The Kier molecular flexibility index (Phi) is 3.94. The third-order valence-electron chi connectivity index (χ3n) is 2.76. The van der Waals surface area contributed by atoms with Gasteiger partial charge in [0, 0.05) is 11.8 Å². The molecule has 0 bridgehead atoms. The summed E-state index contributed by atoms with van der Waals surface area (Å²) < 4.78 is 1.81. The molecular weight excluding hydrogens is 212 g/mol. The summed E-state index contributed by atoms with van der Waals surface area (Å²) in [5.41, 5.74) is 2.25. The van der Waals surface area contributed by atoms with Gasteiger partial charge in [-0.1, -0.05) is 43.7 Å². The predicted octanol–water partition coefficient (Wildman–Crippen LogP) is 2.71. The van der Waals surface area contributed by atoms with Crippen LogP contribution in [0.2, 0.25) is 0 Å². The van der Waals surface area contributed by atoms with Crippen molar-refractivity contribution in [2.45, 2.75) is 32.4 Å². The van der Waals surface area contributed by atoms with Crippen LogP contribution in [0.15, 0.2) is 42.7 Å². The molecule has 0 saturated heterocycles. The van der Waals surface area contributed by atoms with Crippen molar-refractivity contribution >= 4 is 0 Å². The molecule has 17 heavy (non-hydrogen) atoms. The van der Waals surface area contributed by atoms with Crippen LogP contribution in [0.4, 0.5) is 0 Å². The Balaban J connectivity index is 2.06. The molecule has 90 valence electrons. The van der Waals surface area contributed by atoms with Crippen LogP contribution < -0.4 is 0 Å². The Morgan fingerprint density at radius 3 is 2.71 bits per heavy atom. The van der Waals surface area contributed by atoms with Crippen molar-refractivity contribution in [3.05, 3.63) is 42.7 Å². The molecular formula is C14H18N2O. The van der Waals surface area contributed by atoms with Gasteiger partial charge < -0.3 is 5.11 Å². The molecule has 0 aliphatic heterocycles. The molecule has 0 fully saturated rings. The van der Waals surface area contributed by atoms with Crippen molar-refractivity contribution in [1.29, 1.82) is 0 Å². The van der Waals surface area contributed by atoms with Gasteiger partial charge in [0.25, 0.3) is 0 Å². The van der Waals surface area contributed by atoms with Crippen molar-refractivity contribution in [1.82, 2.24) is 9.78 Å². The van der Waals surface area contributed by atoms with Gasteiger partial charge in [0.1, 0.15) is 0 Å². The van der Waals surface area contributed by atoms with Crippen molar-refractivity contribution in [2.75, 3.05) is 0 Å². The SMILES string of the molecule is CCCC(O)Cn1cc(-c2ccccc2)cn1. The normalized spacial score (nSPS) is 12.6. The maximum atomic E-state index is 9.72. The van der Waals surface area contributed by atoms with Gasteiger partial charge in [-0.15, -0.1) is 0 Å². The van der Waals surface area contributed by atoms with E-state index in [9.17, 15) is 5.11 Å². The van der Waals surface area contributed by atoms with E-state index in [-0.39, 0.29) is 6.10 Å². The van der Waals surface area contributed by atoms with Gasteiger partial charge in [-0.2, -0.15) is 5.10 Å². The summed E-state index contributed by atoms with van der Waals surface area (Å²) in [6.07, 6.45) is 5.33. The fraction of sp³-hybridized carbons (Fsp3) is 0.357. The van der Waals surface area contributed by atoms with Crippen molar-refractivity contribution in [3.8, 4) is 11.1 Å². The molecule has 0 aliphatic rings. The highest BCUT2D eigenvalue weighted by molar-refractivity contribution is 5.61. The van der Waals surface area contributed by atoms with Gasteiger partial charge in [0.15, 0.2) is 0 Å². The number of hydrogen-bond acceptors (Lipinski definition) is 2. The van der Waals surface area contributed by atoms with Crippen LogP contribution in [-0.4, -0.2) is 21.0 Å². The first kappa shape index (κ1) is 11.9. The highest BCUT2D eigenvalue weighted by Gasteiger charge is 2.06. The molecule has 0 radical (unpaired) electrons. The second-order valence-electron chi connectivity index (χ2n) is 4.26. The molecule has 1 unspecified atom stereocenters. The van der Waals surface area contributed by atoms with E-state index in [1.54, 1.807) is 0 Å². The molecule has 1 aromatic carbocycles. The van der Waals surface area contributed by atoms with Crippen molar-refractivity contribution < 1.29 is 5.11 Å². The smallest absolute Gasteiger partial charge is 0.0736 e. The van der Waals surface area contributed by atoms with Gasteiger partial charge in [0.2, 0.25) is 0 Å². The Hall–Kier alpha value is -1.61. The van der Waals surface area contributed by atoms with Crippen molar-refractivity contribution in [3.63, 3.8) is 0 Å². The maximum absolute atomic E-state index is 9.72. The average molecular weight is 230 g/mol. The summed E-state index contributed by atoms with van der Waals surface area (Å²) in [6, 6.07) is 10.1. The fourth-order valence-electron chi connectivity index (χ4n) is 1.88. The molecule has 0 aliphatic carbocycles. The summed E-state index contributed by atoms with van der Waals surface area (Å²) in [7, 11) is 0. The Morgan fingerprint density at radius 2 is 2.00 bits per heavy atom. The second-order valence-corrected chi connectivity index (χ2v) is 4.26. The zero-order valence-corrected chi connectivity index (χ0v) is 10.1. The van der Waals surface area contributed by atoms with Gasteiger partial charge >= 0.3 is 0 Å². The summed E-state index contributed by atoms with van der Waals surface area (Å²) in [6.45, 7) is 2.64. The first-order valence-electron chi connectivity index (χ1n) is 6.05. The molecule has 2 aromatic rings. The highest BCUT2D eigenvalue weighted by atomic mass is 16.3. The number of hydrogen-bond donors (Lipinski definition) is 1. The average Bonchev–Trinajstić information content (AvgIpc) is 2.79. The van der Waals surface area contributed by atoms with Gasteiger partial charge in [-0.05, 0) is 12.0 Å². The number of nitrogens with zero attached hydrogens (tertiary/aromatic N) is 2. The lowest BCUT2D eigenvalue weighted by Crippen LogP contribution is -2.15. The molecule has 0 amide bonds. The van der Waals surface area contributed by atoms with Crippen LogP contribution in [0, 0.1) is 0 Å². The van der Waals surface area contributed by atoms with Crippen LogP contribution in [0.1, 0.15) is 19.8 Å². The molecule has 1 N–H and O–H groups in total. The molecule has 3 nitrogen and oxygen atoms in total. The van der Waals surface area contributed by atoms with E-state index in [0.717, 1.165) is 24.0 Å². The summed E-state index contributed by atoms with van der Waals surface area (Å²) >= 11 is 0. The van der Waals surface area contributed by atoms with E-state index in [1.807, 2.05) is 35.3 Å². The fourth-order valence-corrected chi connectivity index (χ4v) is 1.88. The van der Waals surface area contributed by atoms with Crippen LogP contribution >= 0.6 is 0 Å². The standard InChI is InChI=1S/C14H18N2O/c1-2-6-14(17)11-16-10-13(9-15-16)12-7-4-3-5-8-12/h3-5,7-10,14,17H,2,6,11H2,1H3. The van der Waals surface area contributed by atoms with E-state index in [1.165, 1.54) is 0 Å². The van der Waals surface area contributed by atoms with E-state index in [4.69, 9.17) is 0 Å². The first-order chi connectivity index (χ1) is 8.29. The van der Waals surface area contributed by atoms with E-state index in [2.05, 4.69) is 24.2 Å². The van der Waals surface area contributed by atoms with E-state index < -0.39 is 0 Å². The Bertz CT molecular complexity index is 450. The molecule has 0 saturated carbocycles. The van der Waals surface area contributed by atoms with Crippen LogP contribution in [0.5, 0.6) is 0 Å². The molecule has 0 spiro atoms. The topological polar surface area (TPSA) is 38.0 Å². The largest absolute Gasteiger partial charge is 0.391 e. The number of rotatable bonds is 5. The number of aliphatic hydroxyl groups excluding tert-OH is 1. The lowest BCUT2D eigenvalue weighted by molar-refractivity contribution is 0.139. The van der Waals surface area contributed by atoms with E-state index >= 15 is 0 Å². The Labute approximate surface area is 102 Å². The monoisotopic (exact) mass is 230 g/mol. The van der Waals surface area contributed by atoms with Crippen LogP contribution in [0.25, 0.3) is 11.1 Å². The molecule has 1 aromatic heterocycles.